The first-order chi connectivity index (χ1) is 11.9. The summed E-state index contributed by atoms with van der Waals surface area (Å²) in [5.41, 5.74) is 4.64. The highest BCUT2D eigenvalue weighted by molar-refractivity contribution is 6.62. The molecule has 0 amide bonds. The summed E-state index contributed by atoms with van der Waals surface area (Å²) in [7, 11) is -0.286. The van der Waals surface area contributed by atoms with E-state index in [-0.39, 0.29) is 18.3 Å². The molecule has 130 valence electrons. The fourth-order valence-corrected chi connectivity index (χ4v) is 3.55. The van der Waals surface area contributed by atoms with Crippen molar-refractivity contribution in [1.29, 1.82) is 0 Å². The van der Waals surface area contributed by atoms with Crippen LogP contribution in [0, 0.1) is 0 Å². The van der Waals surface area contributed by atoms with Crippen molar-refractivity contribution in [3.8, 4) is 0 Å². The van der Waals surface area contributed by atoms with Crippen molar-refractivity contribution in [1.82, 2.24) is 0 Å². The van der Waals surface area contributed by atoms with Crippen molar-refractivity contribution >= 4 is 18.3 Å². The summed E-state index contributed by atoms with van der Waals surface area (Å²) in [6.07, 6.45) is 1.14. The summed E-state index contributed by atoms with van der Waals surface area (Å²) < 4.78 is 12.3. The minimum absolute atomic E-state index is 0.286. The zero-order valence-corrected chi connectivity index (χ0v) is 15.6. The van der Waals surface area contributed by atoms with Crippen molar-refractivity contribution < 1.29 is 9.31 Å². The van der Waals surface area contributed by atoms with Crippen LogP contribution in [0.15, 0.2) is 48.5 Å². The molecular weight excluding hydrogens is 309 g/mol. The molecule has 0 bridgehead atoms. The van der Waals surface area contributed by atoms with Gasteiger partial charge in [-0.25, -0.2) is 0 Å². The van der Waals surface area contributed by atoms with Crippen LogP contribution >= 0.6 is 0 Å². The summed E-state index contributed by atoms with van der Waals surface area (Å²) >= 11 is 0. The highest BCUT2D eigenvalue weighted by Gasteiger charge is 2.51. The Bertz CT molecular complexity index is 754. The topological polar surface area (TPSA) is 21.7 Å². The average Bonchev–Trinajstić information content (AvgIpc) is 3.07. The van der Waals surface area contributed by atoms with E-state index in [1.54, 1.807) is 0 Å². The predicted octanol–water partition coefficient (Wildman–Crippen LogP) is 3.55. The first kappa shape index (κ1) is 16.7. The third-order valence-electron chi connectivity index (χ3n) is 5.86. The Labute approximate surface area is 151 Å². The van der Waals surface area contributed by atoms with E-state index >= 15 is 0 Å². The smallest absolute Gasteiger partial charge is 0.399 e. The van der Waals surface area contributed by atoms with Gasteiger partial charge in [0.05, 0.1) is 11.2 Å². The van der Waals surface area contributed by atoms with Gasteiger partial charge in [-0.15, -0.1) is 0 Å². The Kier molecular flexibility index (Phi) is 3.93. The Morgan fingerprint density at radius 1 is 0.920 bits per heavy atom. The Balaban J connectivity index is 1.47. The largest absolute Gasteiger partial charge is 0.494 e. The van der Waals surface area contributed by atoms with Gasteiger partial charge in [-0.2, -0.15) is 0 Å². The van der Waals surface area contributed by atoms with Gasteiger partial charge in [0.25, 0.3) is 0 Å². The first-order valence-electron chi connectivity index (χ1n) is 9.13. The second kappa shape index (κ2) is 5.89. The van der Waals surface area contributed by atoms with Crippen LogP contribution in [0.3, 0.4) is 0 Å². The fourth-order valence-electron chi connectivity index (χ4n) is 3.55. The second-order valence-corrected chi connectivity index (χ2v) is 8.13. The molecule has 2 aromatic rings. The molecule has 0 spiro atoms. The lowest BCUT2D eigenvalue weighted by Gasteiger charge is -2.32. The number of anilines is 1. The van der Waals surface area contributed by atoms with Crippen LogP contribution in [0.4, 0.5) is 5.69 Å². The lowest BCUT2D eigenvalue weighted by atomic mass is 9.79. The second-order valence-electron chi connectivity index (χ2n) is 8.13. The molecule has 2 aliphatic rings. The lowest BCUT2D eigenvalue weighted by molar-refractivity contribution is 0.00578. The van der Waals surface area contributed by atoms with E-state index in [0.717, 1.165) is 25.0 Å². The molecule has 0 radical (unpaired) electrons. The molecule has 0 atom stereocenters. The third-order valence-corrected chi connectivity index (χ3v) is 5.86. The summed E-state index contributed by atoms with van der Waals surface area (Å²) in [5.74, 6) is 0. The number of benzene rings is 2. The molecule has 4 rings (SSSR count). The van der Waals surface area contributed by atoms with Crippen molar-refractivity contribution in [2.75, 3.05) is 11.4 Å². The average molecular weight is 335 g/mol. The SMILES string of the molecule is CC1(C)OB(c2ccc(CN3CCc4ccccc43)cc2)OC1(C)C. The van der Waals surface area contributed by atoms with Gasteiger partial charge in [0.15, 0.2) is 0 Å². The van der Waals surface area contributed by atoms with Crippen LogP contribution in [0.5, 0.6) is 0 Å². The number of hydrogen-bond acceptors (Lipinski definition) is 3. The van der Waals surface area contributed by atoms with E-state index in [1.807, 2.05) is 0 Å². The number of nitrogens with zero attached hydrogens (tertiary/aromatic N) is 1. The highest BCUT2D eigenvalue weighted by Crippen LogP contribution is 2.36. The molecule has 0 N–H and O–H groups in total. The van der Waals surface area contributed by atoms with Gasteiger partial charge in [-0.1, -0.05) is 42.5 Å². The molecule has 0 aliphatic carbocycles. The molecule has 4 heteroatoms. The molecule has 2 aromatic carbocycles. The van der Waals surface area contributed by atoms with Gasteiger partial charge in [-0.3, -0.25) is 0 Å². The number of fused-ring (bicyclic) bond motifs is 1. The van der Waals surface area contributed by atoms with Crippen LogP contribution in [-0.4, -0.2) is 24.9 Å². The van der Waals surface area contributed by atoms with Crippen LogP contribution in [0.1, 0.15) is 38.8 Å². The Morgan fingerprint density at radius 2 is 1.56 bits per heavy atom. The standard InChI is InChI=1S/C21H26BNO2/c1-20(2)21(3,4)25-22(24-20)18-11-9-16(10-12-18)15-23-14-13-17-7-5-6-8-19(17)23/h5-12H,13-15H2,1-4H3. The van der Waals surface area contributed by atoms with Gasteiger partial charge in [0, 0.05) is 18.8 Å². The van der Waals surface area contributed by atoms with E-state index in [9.17, 15) is 0 Å². The van der Waals surface area contributed by atoms with Crippen molar-refractivity contribution in [3.63, 3.8) is 0 Å². The van der Waals surface area contributed by atoms with Crippen molar-refractivity contribution in [3.05, 3.63) is 59.7 Å². The van der Waals surface area contributed by atoms with Crippen LogP contribution in [0.25, 0.3) is 0 Å². The summed E-state index contributed by atoms with van der Waals surface area (Å²) in [4.78, 5) is 2.46. The molecular formula is C21H26BNO2. The molecule has 25 heavy (non-hydrogen) atoms. The fraction of sp³-hybridized carbons (Fsp3) is 0.429. The van der Waals surface area contributed by atoms with Gasteiger partial charge < -0.3 is 14.2 Å². The molecule has 1 saturated heterocycles. The normalized spacial score (nSPS) is 20.8. The predicted molar refractivity (Wildman–Crippen MR) is 103 cm³/mol. The quantitative estimate of drug-likeness (QED) is 0.801. The zero-order valence-electron chi connectivity index (χ0n) is 15.6. The van der Waals surface area contributed by atoms with E-state index in [2.05, 4.69) is 81.1 Å². The molecule has 1 fully saturated rings. The molecule has 3 nitrogen and oxygen atoms in total. The molecule has 0 saturated carbocycles. The van der Waals surface area contributed by atoms with E-state index in [4.69, 9.17) is 9.31 Å². The number of para-hydroxylation sites is 1. The zero-order chi connectivity index (χ0) is 17.7. The van der Waals surface area contributed by atoms with Gasteiger partial charge in [0.1, 0.15) is 0 Å². The maximum atomic E-state index is 6.14. The molecule has 0 aromatic heterocycles. The maximum absolute atomic E-state index is 6.14. The van der Waals surface area contributed by atoms with E-state index < -0.39 is 0 Å². The maximum Gasteiger partial charge on any atom is 0.494 e. The van der Waals surface area contributed by atoms with Crippen LogP contribution in [0.2, 0.25) is 0 Å². The number of hydrogen-bond donors (Lipinski definition) is 0. The van der Waals surface area contributed by atoms with E-state index in [1.165, 1.54) is 16.8 Å². The van der Waals surface area contributed by atoms with Gasteiger partial charge >= 0.3 is 7.12 Å². The lowest BCUT2D eigenvalue weighted by Crippen LogP contribution is -2.41. The van der Waals surface area contributed by atoms with Crippen LogP contribution in [-0.2, 0) is 22.3 Å². The Hall–Kier alpha value is -1.78. The summed E-state index contributed by atoms with van der Waals surface area (Å²) in [6.45, 7) is 10.4. The molecule has 0 unspecified atom stereocenters. The summed E-state index contributed by atoms with van der Waals surface area (Å²) in [5, 5.41) is 0. The molecule has 2 aliphatic heterocycles. The van der Waals surface area contributed by atoms with Gasteiger partial charge in [0.2, 0.25) is 0 Å². The van der Waals surface area contributed by atoms with Crippen molar-refractivity contribution in [2.24, 2.45) is 0 Å². The minimum Gasteiger partial charge on any atom is -0.399 e. The third kappa shape index (κ3) is 2.98. The number of rotatable bonds is 3. The summed E-state index contributed by atoms with van der Waals surface area (Å²) in [6, 6.07) is 17.4. The minimum atomic E-state index is -0.296. The Morgan fingerprint density at radius 3 is 2.24 bits per heavy atom. The van der Waals surface area contributed by atoms with Crippen LogP contribution < -0.4 is 10.4 Å². The van der Waals surface area contributed by atoms with E-state index in [0.29, 0.717) is 0 Å². The van der Waals surface area contributed by atoms with Gasteiger partial charge in [-0.05, 0) is 56.8 Å². The highest BCUT2D eigenvalue weighted by atomic mass is 16.7. The monoisotopic (exact) mass is 335 g/mol. The molecule has 2 heterocycles. The van der Waals surface area contributed by atoms with Crippen molar-refractivity contribution in [2.45, 2.75) is 51.9 Å². The first-order valence-corrected chi connectivity index (χ1v) is 9.13.